The average Bonchev–Trinajstić information content (AvgIpc) is 3.20. The molecule has 1 unspecified atom stereocenters. The van der Waals surface area contributed by atoms with Crippen LogP contribution in [0.4, 0.5) is 5.69 Å². The van der Waals surface area contributed by atoms with E-state index in [9.17, 15) is 14.4 Å². The van der Waals surface area contributed by atoms with Gasteiger partial charge < -0.3 is 4.90 Å². The smallest absolute Gasteiger partial charge is 0.257 e. The lowest BCUT2D eigenvalue weighted by Crippen LogP contribution is -2.54. The van der Waals surface area contributed by atoms with Gasteiger partial charge in [0, 0.05) is 35.7 Å². The van der Waals surface area contributed by atoms with Crippen molar-refractivity contribution < 1.29 is 14.4 Å². The molecule has 3 aromatic rings. The number of hydrogen-bond acceptors (Lipinski definition) is 4. The summed E-state index contributed by atoms with van der Waals surface area (Å²) in [5.74, 6) is -0.801. The van der Waals surface area contributed by atoms with Crippen LogP contribution >= 0.6 is 15.9 Å². The predicted molar refractivity (Wildman–Crippen MR) is 147 cm³/mol. The van der Waals surface area contributed by atoms with Gasteiger partial charge in [0.25, 0.3) is 11.8 Å². The van der Waals surface area contributed by atoms with Gasteiger partial charge in [-0.15, -0.1) is 0 Å². The third-order valence-corrected chi connectivity index (χ3v) is 7.80. The van der Waals surface area contributed by atoms with Crippen molar-refractivity contribution in [2.45, 2.75) is 44.8 Å². The van der Waals surface area contributed by atoms with Crippen molar-refractivity contribution in [3.05, 3.63) is 100 Å². The van der Waals surface area contributed by atoms with Crippen LogP contribution in [0.3, 0.4) is 0 Å². The molecule has 2 saturated heterocycles. The lowest BCUT2D eigenvalue weighted by atomic mass is 9.98. The Labute approximate surface area is 226 Å². The summed E-state index contributed by atoms with van der Waals surface area (Å²) >= 11 is 3.40. The van der Waals surface area contributed by atoms with E-state index in [4.69, 9.17) is 0 Å². The maximum absolute atomic E-state index is 13.9. The summed E-state index contributed by atoms with van der Waals surface area (Å²) in [7, 11) is 0. The monoisotopic (exact) mass is 559 g/mol. The van der Waals surface area contributed by atoms with E-state index >= 15 is 0 Å². The molecule has 0 N–H and O–H groups in total. The molecule has 5 rings (SSSR count). The fraction of sp³-hybridized carbons (Fsp3) is 0.300. The molecule has 190 valence electrons. The van der Waals surface area contributed by atoms with Crippen LogP contribution in [0.25, 0.3) is 0 Å². The number of halogens is 1. The number of hydrogen-bond donors (Lipinski definition) is 0. The molecule has 0 aliphatic carbocycles. The Bertz CT molecular complexity index is 1270. The summed E-state index contributed by atoms with van der Waals surface area (Å²) in [5, 5.41) is 0. The van der Waals surface area contributed by atoms with Gasteiger partial charge in [-0.05, 0) is 61.7 Å². The van der Waals surface area contributed by atoms with Crippen LogP contribution in [0, 0.1) is 6.92 Å². The first-order valence-corrected chi connectivity index (χ1v) is 13.5. The summed E-state index contributed by atoms with van der Waals surface area (Å²) in [6.45, 7) is 4.48. The molecule has 6 nitrogen and oxygen atoms in total. The molecule has 0 spiro atoms. The molecule has 0 aromatic heterocycles. The Morgan fingerprint density at radius 2 is 1.57 bits per heavy atom. The minimum absolute atomic E-state index is 0.00325. The minimum atomic E-state index is -0.810. The Morgan fingerprint density at radius 3 is 2.22 bits per heavy atom. The third-order valence-electron chi connectivity index (χ3n) is 7.28. The van der Waals surface area contributed by atoms with Crippen molar-refractivity contribution in [1.82, 2.24) is 9.80 Å². The first kappa shape index (κ1) is 25.4. The lowest BCUT2D eigenvalue weighted by Gasteiger charge is -2.40. The highest BCUT2D eigenvalue weighted by molar-refractivity contribution is 9.10. The molecule has 2 aliphatic rings. The summed E-state index contributed by atoms with van der Waals surface area (Å²) in [6, 6.07) is 24.0. The highest BCUT2D eigenvalue weighted by Gasteiger charge is 2.47. The first-order valence-electron chi connectivity index (χ1n) is 12.7. The minimum Gasteiger partial charge on any atom is -0.323 e. The van der Waals surface area contributed by atoms with Crippen molar-refractivity contribution in [3.8, 4) is 0 Å². The van der Waals surface area contributed by atoms with Crippen LogP contribution in [0.1, 0.15) is 40.7 Å². The van der Waals surface area contributed by atoms with Gasteiger partial charge in [0.05, 0.1) is 12.1 Å². The molecule has 0 saturated carbocycles. The number of nitrogens with zero attached hydrogens (tertiary/aromatic N) is 3. The van der Waals surface area contributed by atoms with Crippen LogP contribution < -0.4 is 4.90 Å². The maximum atomic E-state index is 13.9. The SMILES string of the molecule is Cc1ccc(C(=O)N(C2CCN(Cc3ccccc3)CC2)C2CC(=O)N(c3ccc(Br)cc3)C2=O)cc1. The molecular formula is C30H30BrN3O3. The molecule has 37 heavy (non-hydrogen) atoms. The number of aryl methyl sites for hydroxylation is 1. The average molecular weight is 560 g/mol. The molecular weight excluding hydrogens is 530 g/mol. The number of amides is 3. The van der Waals surface area contributed by atoms with E-state index in [0.717, 1.165) is 42.5 Å². The maximum Gasteiger partial charge on any atom is 0.257 e. The zero-order chi connectivity index (χ0) is 25.9. The van der Waals surface area contributed by atoms with E-state index in [1.165, 1.54) is 10.5 Å². The normalized spacial score (nSPS) is 18.9. The second-order valence-electron chi connectivity index (χ2n) is 9.84. The van der Waals surface area contributed by atoms with Crippen molar-refractivity contribution in [2.24, 2.45) is 0 Å². The Kier molecular flexibility index (Phi) is 7.53. The third kappa shape index (κ3) is 5.53. The van der Waals surface area contributed by atoms with Crippen LogP contribution in [0.5, 0.6) is 0 Å². The van der Waals surface area contributed by atoms with E-state index < -0.39 is 6.04 Å². The van der Waals surface area contributed by atoms with Gasteiger partial charge in [-0.2, -0.15) is 0 Å². The number of piperidine rings is 1. The van der Waals surface area contributed by atoms with E-state index in [-0.39, 0.29) is 30.2 Å². The predicted octanol–water partition coefficient (Wildman–Crippen LogP) is 5.20. The number of rotatable bonds is 6. The van der Waals surface area contributed by atoms with Crippen molar-refractivity contribution >= 4 is 39.3 Å². The molecule has 0 bridgehead atoms. The van der Waals surface area contributed by atoms with Gasteiger partial charge in [0.2, 0.25) is 5.91 Å². The van der Waals surface area contributed by atoms with Crippen LogP contribution in [0.2, 0.25) is 0 Å². The Balaban J connectivity index is 1.39. The largest absolute Gasteiger partial charge is 0.323 e. The fourth-order valence-electron chi connectivity index (χ4n) is 5.30. The van der Waals surface area contributed by atoms with Gasteiger partial charge >= 0.3 is 0 Å². The number of carbonyl (C=O) groups excluding carboxylic acids is 3. The van der Waals surface area contributed by atoms with Crippen molar-refractivity contribution in [1.29, 1.82) is 0 Å². The van der Waals surface area contributed by atoms with Gasteiger partial charge in [-0.25, -0.2) is 4.90 Å². The number of benzene rings is 3. The van der Waals surface area contributed by atoms with Gasteiger partial charge in [0.15, 0.2) is 0 Å². The molecule has 7 heteroatoms. The van der Waals surface area contributed by atoms with Crippen LogP contribution in [-0.2, 0) is 16.1 Å². The summed E-state index contributed by atoms with van der Waals surface area (Å²) < 4.78 is 0.866. The molecule has 2 heterocycles. The highest BCUT2D eigenvalue weighted by Crippen LogP contribution is 2.31. The van der Waals surface area contributed by atoms with E-state index in [0.29, 0.717) is 11.3 Å². The van der Waals surface area contributed by atoms with Crippen LogP contribution in [0.15, 0.2) is 83.3 Å². The topological polar surface area (TPSA) is 60.9 Å². The molecule has 0 radical (unpaired) electrons. The number of imide groups is 1. The zero-order valence-corrected chi connectivity index (χ0v) is 22.4. The number of likely N-dealkylation sites (tertiary alicyclic amines) is 1. The number of carbonyl (C=O) groups is 3. The summed E-state index contributed by atoms with van der Waals surface area (Å²) in [5.41, 5.74) is 3.39. The fourth-order valence-corrected chi connectivity index (χ4v) is 5.56. The second-order valence-corrected chi connectivity index (χ2v) is 10.8. The molecule has 2 aliphatic heterocycles. The zero-order valence-electron chi connectivity index (χ0n) is 20.8. The first-order chi connectivity index (χ1) is 17.9. The molecule has 3 aromatic carbocycles. The Morgan fingerprint density at radius 1 is 0.919 bits per heavy atom. The quantitative estimate of drug-likeness (QED) is 0.389. The number of anilines is 1. The van der Waals surface area contributed by atoms with Gasteiger partial charge in [0.1, 0.15) is 6.04 Å². The van der Waals surface area contributed by atoms with E-state index in [1.54, 1.807) is 29.2 Å². The van der Waals surface area contributed by atoms with E-state index in [2.05, 4.69) is 33.0 Å². The molecule has 2 fully saturated rings. The molecule has 3 amide bonds. The Hall–Kier alpha value is -3.29. The van der Waals surface area contributed by atoms with E-state index in [1.807, 2.05) is 49.4 Å². The standard InChI is InChI=1S/C30H30BrN3O3/c1-21-7-9-23(10-8-21)29(36)33(26-15-17-32(18-16-26)20-22-5-3-2-4-6-22)27-19-28(35)34(30(27)37)25-13-11-24(31)12-14-25/h2-14,26-27H,15-20H2,1H3. The van der Waals surface area contributed by atoms with Crippen molar-refractivity contribution in [2.75, 3.05) is 18.0 Å². The lowest BCUT2D eigenvalue weighted by molar-refractivity contribution is -0.123. The highest BCUT2D eigenvalue weighted by atomic mass is 79.9. The van der Waals surface area contributed by atoms with Gasteiger partial charge in [-0.1, -0.05) is 64.0 Å². The van der Waals surface area contributed by atoms with Crippen molar-refractivity contribution in [3.63, 3.8) is 0 Å². The second kappa shape index (κ2) is 11.0. The van der Waals surface area contributed by atoms with Crippen LogP contribution in [-0.4, -0.2) is 52.7 Å². The summed E-state index contributed by atoms with van der Waals surface area (Å²) in [6.07, 6.45) is 1.50. The molecule has 1 atom stereocenters. The van der Waals surface area contributed by atoms with Gasteiger partial charge in [-0.3, -0.25) is 19.3 Å². The summed E-state index contributed by atoms with van der Waals surface area (Å²) in [4.78, 5) is 46.0.